The fourth-order valence-corrected chi connectivity index (χ4v) is 2.42. The molecule has 1 N–H and O–H groups in total. The van der Waals surface area contributed by atoms with Gasteiger partial charge in [0, 0.05) is 24.8 Å². The molecule has 0 aliphatic carbocycles. The Balaban J connectivity index is 2.10. The standard InChI is InChI=1S/C10H15NO2S/c1-7-10(12,3-4-13-7)5-9-6-14-8(2)11-9/h6-7,12H,3-5H2,1-2H3. The first kappa shape index (κ1) is 10.1. The minimum absolute atomic E-state index is 0.0792. The molecule has 1 saturated heterocycles. The van der Waals surface area contributed by atoms with Crippen molar-refractivity contribution < 1.29 is 9.84 Å². The summed E-state index contributed by atoms with van der Waals surface area (Å²) in [6.07, 6.45) is 1.24. The molecule has 1 aromatic rings. The average molecular weight is 213 g/mol. The maximum absolute atomic E-state index is 10.3. The van der Waals surface area contributed by atoms with Crippen LogP contribution in [0.5, 0.6) is 0 Å². The quantitative estimate of drug-likeness (QED) is 0.810. The van der Waals surface area contributed by atoms with Crippen LogP contribution in [-0.2, 0) is 11.2 Å². The van der Waals surface area contributed by atoms with Crippen LogP contribution in [0.1, 0.15) is 24.0 Å². The summed E-state index contributed by atoms with van der Waals surface area (Å²) in [5, 5.41) is 13.3. The normalized spacial score (nSPS) is 32.4. The lowest BCUT2D eigenvalue weighted by molar-refractivity contribution is -0.0274. The van der Waals surface area contributed by atoms with Gasteiger partial charge in [-0.3, -0.25) is 0 Å². The maximum atomic E-state index is 10.3. The molecule has 0 spiro atoms. The van der Waals surface area contributed by atoms with Crippen LogP contribution in [0.2, 0.25) is 0 Å². The lowest BCUT2D eigenvalue weighted by atomic mass is 9.91. The number of aryl methyl sites for hydroxylation is 1. The van der Waals surface area contributed by atoms with Crippen molar-refractivity contribution in [2.45, 2.75) is 38.4 Å². The second kappa shape index (κ2) is 3.61. The van der Waals surface area contributed by atoms with Crippen molar-refractivity contribution >= 4 is 11.3 Å². The van der Waals surface area contributed by atoms with Gasteiger partial charge in [-0.1, -0.05) is 0 Å². The molecule has 1 fully saturated rings. The summed E-state index contributed by atoms with van der Waals surface area (Å²) in [7, 11) is 0. The van der Waals surface area contributed by atoms with Crippen molar-refractivity contribution in [2.75, 3.05) is 6.61 Å². The molecule has 14 heavy (non-hydrogen) atoms. The van der Waals surface area contributed by atoms with Gasteiger partial charge in [0.25, 0.3) is 0 Å². The Morgan fingerprint density at radius 3 is 3.07 bits per heavy atom. The number of aliphatic hydroxyl groups is 1. The highest BCUT2D eigenvalue weighted by molar-refractivity contribution is 7.09. The molecule has 0 radical (unpaired) electrons. The van der Waals surface area contributed by atoms with E-state index in [-0.39, 0.29) is 6.10 Å². The molecule has 2 unspecified atom stereocenters. The van der Waals surface area contributed by atoms with Crippen LogP contribution in [0.15, 0.2) is 5.38 Å². The van der Waals surface area contributed by atoms with Crippen molar-refractivity contribution in [2.24, 2.45) is 0 Å². The van der Waals surface area contributed by atoms with Gasteiger partial charge in [-0.25, -0.2) is 4.98 Å². The highest BCUT2D eigenvalue weighted by Crippen LogP contribution is 2.29. The number of hydrogen-bond donors (Lipinski definition) is 1. The Kier molecular flexibility index (Phi) is 2.60. The average Bonchev–Trinajstić information content (AvgIpc) is 2.62. The van der Waals surface area contributed by atoms with Gasteiger partial charge in [0.15, 0.2) is 0 Å². The smallest absolute Gasteiger partial charge is 0.0982 e. The van der Waals surface area contributed by atoms with Crippen LogP contribution in [-0.4, -0.2) is 28.4 Å². The topological polar surface area (TPSA) is 42.4 Å². The Morgan fingerprint density at radius 1 is 1.79 bits per heavy atom. The molecule has 2 rings (SSSR count). The van der Waals surface area contributed by atoms with E-state index < -0.39 is 5.60 Å². The minimum atomic E-state index is -0.708. The van der Waals surface area contributed by atoms with Gasteiger partial charge in [-0.05, 0) is 13.8 Å². The summed E-state index contributed by atoms with van der Waals surface area (Å²) in [4.78, 5) is 4.36. The van der Waals surface area contributed by atoms with Crippen LogP contribution in [0.25, 0.3) is 0 Å². The first-order valence-corrected chi connectivity index (χ1v) is 5.73. The molecule has 0 bridgehead atoms. The number of thiazole rings is 1. The lowest BCUT2D eigenvalue weighted by Gasteiger charge is -2.24. The van der Waals surface area contributed by atoms with E-state index in [1.807, 2.05) is 19.2 Å². The van der Waals surface area contributed by atoms with E-state index in [1.54, 1.807) is 11.3 Å². The van der Waals surface area contributed by atoms with Crippen molar-refractivity contribution in [1.82, 2.24) is 4.98 Å². The second-order valence-corrected chi connectivity index (χ2v) is 4.96. The third kappa shape index (κ3) is 1.82. The number of nitrogens with zero attached hydrogens (tertiary/aromatic N) is 1. The molecule has 1 aliphatic rings. The van der Waals surface area contributed by atoms with E-state index in [0.717, 1.165) is 10.7 Å². The van der Waals surface area contributed by atoms with E-state index in [0.29, 0.717) is 19.4 Å². The third-order valence-electron chi connectivity index (χ3n) is 2.81. The van der Waals surface area contributed by atoms with Gasteiger partial charge < -0.3 is 9.84 Å². The number of aromatic nitrogens is 1. The molecular weight excluding hydrogens is 198 g/mol. The molecule has 0 amide bonds. The summed E-state index contributed by atoms with van der Waals surface area (Å²) in [6, 6.07) is 0. The first-order chi connectivity index (χ1) is 6.60. The predicted octanol–water partition coefficient (Wildman–Crippen LogP) is 1.53. The van der Waals surface area contributed by atoms with Crippen molar-refractivity contribution in [3.63, 3.8) is 0 Å². The highest BCUT2D eigenvalue weighted by Gasteiger charge is 2.39. The summed E-state index contributed by atoms with van der Waals surface area (Å²) < 4.78 is 5.37. The number of rotatable bonds is 2. The molecule has 0 aromatic carbocycles. The Labute approximate surface area is 87.7 Å². The summed E-state index contributed by atoms with van der Waals surface area (Å²) in [5.41, 5.74) is 0.271. The van der Waals surface area contributed by atoms with Gasteiger partial charge in [0.1, 0.15) is 0 Å². The van der Waals surface area contributed by atoms with E-state index in [4.69, 9.17) is 4.74 Å². The Bertz CT molecular complexity index is 326. The van der Waals surface area contributed by atoms with Crippen LogP contribution in [0, 0.1) is 6.92 Å². The van der Waals surface area contributed by atoms with Gasteiger partial charge in [-0.15, -0.1) is 11.3 Å². The summed E-state index contributed by atoms with van der Waals surface area (Å²) in [5.74, 6) is 0. The molecule has 1 aromatic heterocycles. The van der Waals surface area contributed by atoms with Crippen LogP contribution < -0.4 is 0 Å². The summed E-state index contributed by atoms with van der Waals surface area (Å²) in [6.45, 7) is 4.56. The van der Waals surface area contributed by atoms with E-state index >= 15 is 0 Å². The van der Waals surface area contributed by atoms with E-state index in [2.05, 4.69) is 4.98 Å². The van der Waals surface area contributed by atoms with Gasteiger partial charge in [-0.2, -0.15) is 0 Å². The third-order valence-corrected chi connectivity index (χ3v) is 3.64. The zero-order valence-corrected chi connectivity index (χ0v) is 9.30. The maximum Gasteiger partial charge on any atom is 0.0982 e. The molecule has 78 valence electrons. The second-order valence-electron chi connectivity index (χ2n) is 3.90. The number of ether oxygens (including phenoxy) is 1. The fraction of sp³-hybridized carbons (Fsp3) is 0.700. The van der Waals surface area contributed by atoms with Gasteiger partial charge in [0.05, 0.1) is 22.4 Å². The Morgan fingerprint density at radius 2 is 2.57 bits per heavy atom. The Hall–Kier alpha value is -0.450. The van der Waals surface area contributed by atoms with E-state index in [1.165, 1.54) is 0 Å². The molecule has 3 nitrogen and oxygen atoms in total. The predicted molar refractivity (Wildman–Crippen MR) is 55.5 cm³/mol. The number of hydrogen-bond acceptors (Lipinski definition) is 4. The van der Waals surface area contributed by atoms with Crippen molar-refractivity contribution in [3.05, 3.63) is 16.1 Å². The van der Waals surface area contributed by atoms with Crippen LogP contribution in [0.3, 0.4) is 0 Å². The van der Waals surface area contributed by atoms with Gasteiger partial charge in [0.2, 0.25) is 0 Å². The molecule has 4 heteroatoms. The fourth-order valence-electron chi connectivity index (χ4n) is 1.81. The largest absolute Gasteiger partial charge is 0.387 e. The van der Waals surface area contributed by atoms with Crippen LogP contribution in [0.4, 0.5) is 0 Å². The van der Waals surface area contributed by atoms with Crippen molar-refractivity contribution in [1.29, 1.82) is 0 Å². The zero-order valence-electron chi connectivity index (χ0n) is 8.49. The highest BCUT2D eigenvalue weighted by atomic mass is 32.1. The lowest BCUT2D eigenvalue weighted by Crippen LogP contribution is -2.38. The monoisotopic (exact) mass is 213 g/mol. The molecule has 1 aliphatic heterocycles. The molecule has 2 heterocycles. The minimum Gasteiger partial charge on any atom is -0.387 e. The molecule has 0 saturated carbocycles. The summed E-state index contributed by atoms with van der Waals surface area (Å²) >= 11 is 1.62. The van der Waals surface area contributed by atoms with Crippen LogP contribution >= 0.6 is 11.3 Å². The van der Waals surface area contributed by atoms with Crippen molar-refractivity contribution in [3.8, 4) is 0 Å². The van der Waals surface area contributed by atoms with Gasteiger partial charge >= 0.3 is 0 Å². The molecule has 2 atom stereocenters. The first-order valence-electron chi connectivity index (χ1n) is 4.85. The molecular formula is C10H15NO2S. The zero-order chi connectivity index (χ0) is 10.2. The van der Waals surface area contributed by atoms with E-state index in [9.17, 15) is 5.11 Å². The SMILES string of the molecule is Cc1nc(CC2(O)CCOC2C)cs1.